The lowest BCUT2D eigenvalue weighted by Gasteiger charge is -2.12. The Morgan fingerprint density at radius 1 is 0.742 bits per heavy atom. The van der Waals surface area contributed by atoms with Gasteiger partial charge in [-0.1, -0.05) is 18.2 Å². The third kappa shape index (κ3) is 5.97. The largest absolute Gasteiger partial charge is 0.332 e. The zero-order valence-corrected chi connectivity index (χ0v) is 18.1. The van der Waals surface area contributed by atoms with Gasteiger partial charge < -0.3 is 10.6 Å². The van der Waals surface area contributed by atoms with Crippen molar-refractivity contribution >= 4 is 50.4 Å². The molecule has 0 fully saturated rings. The van der Waals surface area contributed by atoms with E-state index in [2.05, 4.69) is 10.6 Å². The Kier molecular flexibility index (Phi) is 6.78. The topological polar surface area (TPSA) is 104 Å². The van der Waals surface area contributed by atoms with Crippen molar-refractivity contribution in [2.24, 2.45) is 0 Å². The SMILES string of the molecule is CC(=O)c1ccc(NC(=S)Nc2ccc(S(=O)(=O)NC(=O)c3ccccc3)cc2)cc1. The lowest BCUT2D eigenvalue weighted by Crippen LogP contribution is -2.30. The Balaban J connectivity index is 1.62. The molecule has 0 atom stereocenters. The van der Waals surface area contributed by atoms with Crippen molar-refractivity contribution in [1.82, 2.24) is 4.72 Å². The van der Waals surface area contributed by atoms with Gasteiger partial charge in [0.25, 0.3) is 15.9 Å². The Morgan fingerprint density at radius 2 is 1.26 bits per heavy atom. The molecule has 0 aliphatic heterocycles. The number of carbonyl (C=O) groups excluding carboxylic acids is 2. The molecule has 158 valence electrons. The number of rotatable bonds is 6. The summed E-state index contributed by atoms with van der Waals surface area (Å²) in [6.45, 7) is 1.49. The molecule has 0 bridgehead atoms. The highest BCUT2D eigenvalue weighted by atomic mass is 32.2. The molecular formula is C22H19N3O4S2. The molecule has 0 aliphatic rings. The van der Waals surface area contributed by atoms with Crippen LogP contribution in [0.4, 0.5) is 11.4 Å². The number of ketones is 1. The third-order valence-corrected chi connectivity index (χ3v) is 5.79. The van der Waals surface area contributed by atoms with E-state index >= 15 is 0 Å². The molecule has 3 aromatic rings. The molecule has 7 nitrogen and oxygen atoms in total. The summed E-state index contributed by atoms with van der Waals surface area (Å²) in [6, 6.07) is 20.7. The van der Waals surface area contributed by atoms with Gasteiger partial charge in [0.2, 0.25) is 0 Å². The maximum absolute atomic E-state index is 12.5. The zero-order chi connectivity index (χ0) is 22.4. The highest BCUT2D eigenvalue weighted by Crippen LogP contribution is 2.16. The molecule has 9 heteroatoms. The second-order valence-corrected chi connectivity index (χ2v) is 8.63. The molecule has 0 aromatic heterocycles. The minimum Gasteiger partial charge on any atom is -0.332 e. The summed E-state index contributed by atoms with van der Waals surface area (Å²) in [5.74, 6) is -0.730. The number of amides is 1. The standard InChI is InChI=1S/C22H19N3O4S2/c1-15(26)16-7-9-18(10-8-16)23-22(30)24-19-11-13-20(14-12-19)31(28,29)25-21(27)17-5-3-2-4-6-17/h2-14H,1H3,(H,25,27)(H2,23,24,30). The minimum absolute atomic E-state index is 0.0257. The van der Waals surface area contributed by atoms with Gasteiger partial charge in [-0.25, -0.2) is 13.1 Å². The van der Waals surface area contributed by atoms with Crippen LogP contribution in [-0.4, -0.2) is 25.2 Å². The normalized spacial score (nSPS) is 10.7. The molecule has 0 aliphatic carbocycles. The van der Waals surface area contributed by atoms with Crippen molar-refractivity contribution in [2.75, 3.05) is 10.6 Å². The predicted molar refractivity (Wildman–Crippen MR) is 124 cm³/mol. The maximum atomic E-state index is 12.5. The lowest BCUT2D eigenvalue weighted by atomic mass is 10.1. The quantitative estimate of drug-likeness (QED) is 0.385. The van der Waals surface area contributed by atoms with Crippen LogP contribution in [0.1, 0.15) is 27.6 Å². The van der Waals surface area contributed by atoms with Gasteiger partial charge in [-0.05, 0) is 79.8 Å². The summed E-state index contributed by atoms with van der Waals surface area (Å²) >= 11 is 5.26. The van der Waals surface area contributed by atoms with Crippen LogP contribution < -0.4 is 15.4 Å². The van der Waals surface area contributed by atoms with Crippen molar-refractivity contribution in [3.8, 4) is 0 Å². The molecule has 1 amide bonds. The van der Waals surface area contributed by atoms with Crippen LogP contribution in [0.5, 0.6) is 0 Å². The van der Waals surface area contributed by atoms with E-state index < -0.39 is 15.9 Å². The summed E-state index contributed by atoms with van der Waals surface area (Å²) < 4.78 is 26.9. The van der Waals surface area contributed by atoms with E-state index in [1.165, 1.54) is 43.3 Å². The van der Waals surface area contributed by atoms with Gasteiger partial charge >= 0.3 is 0 Å². The first-order chi connectivity index (χ1) is 14.7. The van der Waals surface area contributed by atoms with Gasteiger partial charge in [-0.3, -0.25) is 9.59 Å². The maximum Gasteiger partial charge on any atom is 0.264 e. The molecule has 3 rings (SSSR count). The highest BCUT2D eigenvalue weighted by Gasteiger charge is 2.18. The van der Waals surface area contributed by atoms with Crippen molar-refractivity contribution in [3.05, 3.63) is 90.0 Å². The number of carbonyl (C=O) groups is 2. The molecular weight excluding hydrogens is 434 g/mol. The van der Waals surface area contributed by atoms with E-state index in [0.717, 1.165) is 0 Å². The molecule has 0 heterocycles. The van der Waals surface area contributed by atoms with Crippen molar-refractivity contribution in [1.29, 1.82) is 0 Å². The molecule has 0 saturated heterocycles. The van der Waals surface area contributed by atoms with Crippen LogP contribution in [0.2, 0.25) is 0 Å². The number of nitrogens with one attached hydrogen (secondary N) is 3. The average Bonchev–Trinajstić information content (AvgIpc) is 2.74. The molecule has 3 aromatic carbocycles. The molecule has 0 unspecified atom stereocenters. The number of thiocarbonyl (C=S) groups is 1. The van der Waals surface area contributed by atoms with E-state index in [9.17, 15) is 18.0 Å². The van der Waals surface area contributed by atoms with E-state index in [0.29, 0.717) is 22.1 Å². The Labute approximate surface area is 185 Å². The summed E-state index contributed by atoms with van der Waals surface area (Å²) in [6.07, 6.45) is 0. The van der Waals surface area contributed by atoms with Gasteiger partial charge in [0.1, 0.15) is 0 Å². The first-order valence-corrected chi connectivity index (χ1v) is 11.0. The third-order valence-electron chi connectivity index (χ3n) is 4.23. The second-order valence-electron chi connectivity index (χ2n) is 6.54. The number of hydrogen-bond acceptors (Lipinski definition) is 5. The first-order valence-electron chi connectivity index (χ1n) is 9.16. The van der Waals surface area contributed by atoms with E-state index in [1.54, 1.807) is 42.5 Å². The molecule has 0 saturated carbocycles. The highest BCUT2D eigenvalue weighted by molar-refractivity contribution is 7.90. The smallest absolute Gasteiger partial charge is 0.264 e. The number of hydrogen-bond donors (Lipinski definition) is 3. The van der Waals surface area contributed by atoms with Crippen molar-refractivity contribution in [3.63, 3.8) is 0 Å². The Hall–Kier alpha value is -3.56. The molecule has 0 spiro atoms. The van der Waals surface area contributed by atoms with Crippen molar-refractivity contribution in [2.45, 2.75) is 11.8 Å². The van der Waals surface area contributed by atoms with Crippen LogP contribution in [-0.2, 0) is 10.0 Å². The monoisotopic (exact) mass is 453 g/mol. The van der Waals surface area contributed by atoms with Gasteiger partial charge in [-0.2, -0.15) is 0 Å². The Morgan fingerprint density at radius 3 is 1.77 bits per heavy atom. The van der Waals surface area contributed by atoms with E-state index in [1.807, 2.05) is 4.72 Å². The summed E-state index contributed by atoms with van der Waals surface area (Å²) in [4.78, 5) is 23.4. The van der Waals surface area contributed by atoms with Crippen LogP contribution in [0.25, 0.3) is 0 Å². The van der Waals surface area contributed by atoms with Crippen LogP contribution in [0.3, 0.4) is 0 Å². The average molecular weight is 454 g/mol. The fraction of sp³-hybridized carbons (Fsp3) is 0.0455. The number of anilines is 2. The van der Waals surface area contributed by atoms with Gasteiger partial charge in [0.05, 0.1) is 4.90 Å². The summed E-state index contributed by atoms with van der Waals surface area (Å²) in [5.41, 5.74) is 2.11. The second kappa shape index (κ2) is 9.50. The fourth-order valence-electron chi connectivity index (χ4n) is 2.63. The van der Waals surface area contributed by atoms with Crippen LogP contribution >= 0.6 is 12.2 Å². The van der Waals surface area contributed by atoms with Crippen LogP contribution in [0, 0.1) is 0 Å². The number of Topliss-reactive ketones (excluding diaryl/α,β-unsaturated/α-hetero) is 1. The van der Waals surface area contributed by atoms with Gasteiger partial charge in [-0.15, -0.1) is 0 Å². The zero-order valence-electron chi connectivity index (χ0n) is 16.5. The summed E-state index contributed by atoms with van der Waals surface area (Å²) in [7, 11) is -4.02. The predicted octanol–water partition coefficient (Wildman–Crippen LogP) is 3.82. The van der Waals surface area contributed by atoms with Gasteiger partial charge in [0, 0.05) is 22.5 Å². The van der Waals surface area contributed by atoms with E-state index in [4.69, 9.17) is 12.2 Å². The van der Waals surface area contributed by atoms with Gasteiger partial charge in [0.15, 0.2) is 10.9 Å². The fourth-order valence-corrected chi connectivity index (χ4v) is 3.84. The van der Waals surface area contributed by atoms with Crippen molar-refractivity contribution < 1.29 is 18.0 Å². The number of benzene rings is 3. The van der Waals surface area contributed by atoms with Crippen LogP contribution in [0.15, 0.2) is 83.8 Å². The lowest BCUT2D eigenvalue weighted by molar-refractivity contribution is 0.0979. The molecule has 3 N–H and O–H groups in total. The summed E-state index contributed by atoms with van der Waals surface area (Å²) in [5, 5.41) is 6.22. The molecule has 0 radical (unpaired) electrons. The first kappa shape index (κ1) is 22.1. The Bertz CT molecular complexity index is 1210. The van der Waals surface area contributed by atoms with E-state index in [-0.39, 0.29) is 16.2 Å². The molecule has 31 heavy (non-hydrogen) atoms. The number of sulfonamides is 1. The minimum atomic E-state index is -4.02.